The summed E-state index contributed by atoms with van der Waals surface area (Å²) in [6, 6.07) is 0. The molecule has 0 saturated heterocycles. The molecule has 4 nitrogen and oxygen atoms in total. The molecule has 2 rings (SSSR count). The van der Waals surface area contributed by atoms with Crippen LogP contribution in [0.2, 0.25) is 0 Å². The lowest BCUT2D eigenvalue weighted by atomic mass is 9.80. The first-order valence-corrected chi connectivity index (χ1v) is 8.01. The number of nitrogens with two attached hydrogens (primary N) is 1. The van der Waals surface area contributed by atoms with Crippen LogP contribution in [0, 0.1) is 11.8 Å². The molecule has 108 valence electrons. The van der Waals surface area contributed by atoms with Crippen molar-refractivity contribution in [1.29, 1.82) is 0 Å². The van der Waals surface area contributed by atoms with Gasteiger partial charge in [0, 0.05) is 6.54 Å². The summed E-state index contributed by atoms with van der Waals surface area (Å²) in [6.07, 6.45) is 5.53. The standard InChI is InChI=1S/C14H25N3OS/c1-9(2)18-12-13(15)17-19-14(12)16-8-11-7-5-4-6-10(11)3/h9-11,16H,4-8H2,1-3H3,(H2,15,17). The zero-order valence-corrected chi connectivity index (χ0v) is 12.9. The Bertz CT molecular complexity index is 405. The van der Waals surface area contributed by atoms with E-state index in [0.717, 1.165) is 29.1 Å². The van der Waals surface area contributed by atoms with Crippen molar-refractivity contribution in [2.75, 3.05) is 17.6 Å². The van der Waals surface area contributed by atoms with E-state index in [-0.39, 0.29) is 6.10 Å². The predicted molar refractivity (Wildman–Crippen MR) is 81.9 cm³/mol. The third-order valence-electron chi connectivity index (χ3n) is 3.84. The number of aromatic nitrogens is 1. The number of nitrogens with zero attached hydrogens (tertiary/aromatic N) is 1. The van der Waals surface area contributed by atoms with E-state index in [2.05, 4.69) is 16.6 Å². The van der Waals surface area contributed by atoms with Crippen LogP contribution >= 0.6 is 11.5 Å². The molecule has 1 aliphatic carbocycles. The van der Waals surface area contributed by atoms with Gasteiger partial charge in [0.2, 0.25) is 0 Å². The molecule has 1 heterocycles. The highest BCUT2D eigenvalue weighted by Crippen LogP contribution is 2.37. The third-order valence-corrected chi connectivity index (χ3v) is 4.64. The Hall–Kier alpha value is -0.970. The van der Waals surface area contributed by atoms with Gasteiger partial charge in [0.25, 0.3) is 0 Å². The molecule has 0 aliphatic heterocycles. The van der Waals surface area contributed by atoms with E-state index in [4.69, 9.17) is 10.5 Å². The van der Waals surface area contributed by atoms with Gasteiger partial charge in [-0.2, -0.15) is 4.37 Å². The van der Waals surface area contributed by atoms with E-state index >= 15 is 0 Å². The Morgan fingerprint density at radius 1 is 1.42 bits per heavy atom. The maximum Gasteiger partial charge on any atom is 0.197 e. The van der Waals surface area contributed by atoms with Crippen molar-refractivity contribution in [3.63, 3.8) is 0 Å². The average Bonchev–Trinajstić information content (AvgIpc) is 2.70. The van der Waals surface area contributed by atoms with Gasteiger partial charge in [-0.1, -0.05) is 26.2 Å². The molecule has 0 radical (unpaired) electrons. The molecule has 0 bridgehead atoms. The average molecular weight is 283 g/mol. The summed E-state index contributed by atoms with van der Waals surface area (Å²) in [5, 5.41) is 4.47. The molecule has 2 unspecified atom stereocenters. The highest BCUT2D eigenvalue weighted by molar-refractivity contribution is 7.11. The van der Waals surface area contributed by atoms with E-state index in [9.17, 15) is 0 Å². The molecular formula is C14H25N3OS. The van der Waals surface area contributed by atoms with Gasteiger partial charge < -0.3 is 15.8 Å². The number of nitrogen functional groups attached to an aromatic ring is 1. The number of anilines is 2. The number of hydrogen-bond acceptors (Lipinski definition) is 5. The van der Waals surface area contributed by atoms with Crippen LogP contribution in [0.3, 0.4) is 0 Å². The van der Waals surface area contributed by atoms with Crippen LogP contribution in [0.25, 0.3) is 0 Å². The molecule has 3 N–H and O–H groups in total. The highest BCUT2D eigenvalue weighted by atomic mass is 32.1. The summed E-state index contributed by atoms with van der Waals surface area (Å²) in [4.78, 5) is 0. The summed E-state index contributed by atoms with van der Waals surface area (Å²) in [6.45, 7) is 7.36. The maximum atomic E-state index is 5.86. The van der Waals surface area contributed by atoms with E-state index in [1.807, 2.05) is 13.8 Å². The largest absolute Gasteiger partial charge is 0.484 e. The van der Waals surface area contributed by atoms with E-state index in [1.54, 1.807) is 0 Å². The highest BCUT2D eigenvalue weighted by Gasteiger charge is 2.22. The van der Waals surface area contributed by atoms with E-state index in [1.165, 1.54) is 37.2 Å². The van der Waals surface area contributed by atoms with Gasteiger partial charge >= 0.3 is 0 Å². The molecule has 0 spiro atoms. The van der Waals surface area contributed by atoms with Crippen molar-refractivity contribution in [1.82, 2.24) is 4.37 Å². The van der Waals surface area contributed by atoms with Gasteiger partial charge in [-0.15, -0.1) is 0 Å². The Morgan fingerprint density at radius 2 is 2.16 bits per heavy atom. The van der Waals surface area contributed by atoms with Gasteiger partial charge in [-0.3, -0.25) is 0 Å². The minimum Gasteiger partial charge on any atom is -0.484 e. The van der Waals surface area contributed by atoms with E-state index in [0.29, 0.717) is 5.82 Å². The second-order valence-electron chi connectivity index (χ2n) is 5.80. The molecule has 2 atom stereocenters. The second kappa shape index (κ2) is 6.46. The Balaban J connectivity index is 1.95. The monoisotopic (exact) mass is 283 g/mol. The maximum absolute atomic E-state index is 5.86. The van der Waals surface area contributed by atoms with Crippen molar-refractivity contribution in [3.05, 3.63) is 0 Å². The molecule has 1 aliphatic rings. The number of rotatable bonds is 5. The summed E-state index contributed by atoms with van der Waals surface area (Å²) in [5.41, 5.74) is 5.86. The van der Waals surface area contributed by atoms with Crippen LogP contribution in [0.15, 0.2) is 0 Å². The molecule has 19 heavy (non-hydrogen) atoms. The zero-order valence-electron chi connectivity index (χ0n) is 12.1. The molecule has 1 saturated carbocycles. The van der Waals surface area contributed by atoms with Crippen LogP contribution in [0.1, 0.15) is 46.5 Å². The van der Waals surface area contributed by atoms with Crippen LogP contribution in [0.4, 0.5) is 10.8 Å². The topological polar surface area (TPSA) is 60.2 Å². The summed E-state index contributed by atoms with van der Waals surface area (Å²) in [5.74, 6) is 2.78. The lowest BCUT2D eigenvalue weighted by Crippen LogP contribution is -2.24. The molecule has 1 fully saturated rings. The van der Waals surface area contributed by atoms with Crippen molar-refractivity contribution < 1.29 is 4.74 Å². The normalized spacial score (nSPS) is 23.6. The van der Waals surface area contributed by atoms with Crippen LogP contribution < -0.4 is 15.8 Å². The first-order chi connectivity index (χ1) is 9.08. The predicted octanol–water partition coefficient (Wildman–Crippen LogP) is 3.75. The molecule has 1 aromatic heterocycles. The Morgan fingerprint density at radius 3 is 2.84 bits per heavy atom. The van der Waals surface area contributed by atoms with Gasteiger partial charge in [-0.25, -0.2) is 0 Å². The fraction of sp³-hybridized carbons (Fsp3) is 0.786. The van der Waals surface area contributed by atoms with Gasteiger partial charge in [-0.05, 0) is 43.6 Å². The van der Waals surface area contributed by atoms with Crippen LogP contribution in [-0.2, 0) is 0 Å². The van der Waals surface area contributed by atoms with E-state index < -0.39 is 0 Å². The quantitative estimate of drug-likeness (QED) is 0.864. The smallest absolute Gasteiger partial charge is 0.197 e. The SMILES string of the molecule is CC(C)Oc1c(N)nsc1NCC1CCCCC1C. The second-order valence-corrected chi connectivity index (χ2v) is 6.57. The Labute approximate surface area is 119 Å². The minimum absolute atomic E-state index is 0.118. The van der Waals surface area contributed by atoms with Gasteiger partial charge in [0.1, 0.15) is 0 Å². The van der Waals surface area contributed by atoms with Crippen molar-refractivity contribution in [2.24, 2.45) is 11.8 Å². The lowest BCUT2D eigenvalue weighted by Gasteiger charge is -2.29. The summed E-state index contributed by atoms with van der Waals surface area (Å²) >= 11 is 1.40. The minimum atomic E-state index is 0.118. The Kier molecular flexibility index (Phi) is 4.91. The number of ether oxygens (including phenoxy) is 1. The summed E-state index contributed by atoms with van der Waals surface area (Å²) in [7, 11) is 0. The molecule has 0 amide bonds. The van der Waals surface area contributed by atoms with Crippen LogP contribution in [0.5, 0.6) is 5.75 Å². The summed E-state index contributed by atoms with van der Waals surface area (Å²) < 4.78 is 9.93. The zero-order chi connectivity index (χ0) is 13.8. The number of nitrogens with one attached hydrogen (secondary N) is 1. The number of hydrogen-bond donors (Lipinski definition) is 2. The molecular weight excluding hydrogens is 258 g/mol. The fourth-order valence-electron chi connectivity index (χ4n) is 2.68. The molecule has 1 aromatic rings. The van der Waals surface area contributed by atoms with Gasteiger partial charge in [0.15, 0.2) is 16.6 Å². The lowest BCUT2D eigenvalue weighted by molar-refractivity contribution is 0.244. The van der Waals surface area contributed by atoms with Crippen molar-refractivity contribution in [3.8, 4) is 5.75 Å². The van der Waals surface area contributed by atoms with Crippen LogP contribution in [-0.4, -0.2) is 17.0 Å². The molecule has 0 aromatic carbocycles. The first kappa shape index (κ1) is 14.4. The van der Waals surface area contributed by atoms with Crippen molar-refractivity contribution >= 4 is 22.4 Å². The fourth-order valence-corrected chi connectivity index (χ4v) is 3.33. The third kappa shape index (κ3) is 3.75. The van der Waals surface area contributed by atoms with Gasteiger partial charge in [0.05, 0.1) is 6.10 Å². The van der Waals surface area contributed by atoms with Crippen molar-refractivity contribution in [2.45, 2.75) is 52.6 Å². The first-order valence-electron chi connectivity index (χ1n) is 7.23. The molecule has 5 heteroatoms.